The minimum Gasteiger partial charge on any atom is -0.377 e. The van der Waals surface area contributed by atoms with Crippen molar-refractivity contribution >= 4 is 5.82 Å². The van der Waals surface area contributed by atoms with Crippen LogP contribution in [0.2, 0.25) is 0 Å². The van der Waals surface area contributed by atoms with Gasteiger partial charge in [0.05, 0.1) is 5.56 Å². The molecule has 0 spiro atoms. The molecule has 0 amide bonds. The molecular weight excluding hydrogens is 296 g/mol. The van der Waals surface area contributed by atoms with Crippen molar-refractivity contribution in [3.8, 4) is 11.5 Å². The van der Waals surface area contributed by atoms with Crippen LogP contribution < -0.4 is 5.32 Å². The van der Waals surface area contributed by atoms with Crippen molar-refractivity contribution < 1.29 is 9.26 Å². The SMILES string of the molecule is COCc1noc(-c2ccc(NCCCn3cccn3)nc2)n1. The maximum Gasteiger partial charge on any atom is 0.259 e. The predicted molar refractivity (Wildman–Crippen MR) is 83.6 cm³/mol. The third-order valence-electron chi connectivity index (χ3n) is 3.18. The lowest BCUT2D eigenvalue weighted by Crippen LogP contribution is -2.07. The summed E-state index contributed by atoms with van der Waals surface area (Å²) in [6.45, 7) is 2.03. The van der Waals surface area contributed by atoms with Gasteiger partial charge < -0.3 is 14.6 Å². The second-order valence-electron chi connectivity index (χ2n) is 4.93. The number of ether oxygens (including phenoxy) is 1. The zero-order valence-corrected chi connectivity index (χ0v) is 12.8. The number of aromatic nitrogens is 5. The Morgan fingerprint density at radius 2 is 2.30 bits per heavy atom. The molecule has 3 aromatic rings. The van der Waals surface area contributed by atoms with Crippen molar-refractivity contribution in [1.29, 1.82) is 0 Å². The first-order valence-corrected chi connectivity index (χ1v) is 7.34. The van der Waals surface area contributed by atoms with Gasteiger partial charge in [0, 0.05) is 38.8 Å². The molecule has 8 heteroatoms. The smallest absolute Gasteiger partial charge is 0.259 e. The van der Waals surface area contributed by atoms with Crippen molar-refractivity contribution in [2.75, 3.05) is 19.0 Å². The van der Waals surface area contributed by atoms with Gasteiger partial charge in [-0.3, -0.25) is 4.68 Å². The number of anilines is 1. The van der Waals surface area contributed by atoms with Crippen LogP contribution >= 0.6 is 0 Å². The maximum atomic E-state index is 5.17. The van der Waals surface area contributed by atoms with E-state index >= 15 is 0 Å². The number of nitrogens with one attached hydrogen (secondary N) is 1. The number of nitrogens with zero attached hydrogens (tertiary/aromatic N) is 5. The molecule has 23 heavy (non-hydrogen) atoms. The van der Waals surface area contributed by atoms with E-state index < -0.39 is 0 Å². The van der Waals surface area contributed by atoms with E-state index in [1.54, 1.807) is 19.5 Å². The lowest BCUT2D eigenvalue weighted by Gasteiger charge is -2.05. The van der Waals surface area contributed by atoms with Gasteiger partial charge in [0.15, 0.2) is 5.82 Å². The first-order valence-electron chi connectivity index (χ1n) is 7.34. The summed E-state index contributed by atoms with van der Waals surface area (Å²) >= 11 is 0. The fraction of sp³-hybridized carbons (Fsp3) is 0.333. The average molecular weight is 314 g/mol. The fourth-order valence-electron chi connectivity index (χ4n) is 2.07. The molecule has 120 valence electrons. The van der Waals surface area contributed by atoms with E-state index in [2.05, 4.69) is 25.5 Å². The van der Waals surface area contributed by atoms with Gasteiger partial charge in [0.2, 0.25) is 0 Å². The molecule has 0 aromatic carbocycles. The zero-order chi connectivity index (χ0) is 15.9. The number of methoxy groups -OCH3 is 1. The fourth-order valence-corrected chi connectivity index (χ4v) is 2.07. The molecule has 0 saturated heterocycles. The second-order valence-corrected chi connectivity index (χ2v) is 4.93. The van der Waals surface area contributed by atoms with Crippen LogP contribution in [0.5, 0.6) is 0 Å². The molecule has 0 bridgehead atoms. The predicted octanol–water partition coefficient (Wildman–Crippen LogP) is 1.98. The molecule has 0 radical (unpaired) electrons. The molecule has 0 fully saturated rings. The third kappa shape index (κ3) is 4.13. The highest BCUT2D eigenvalue weighted by Gasteiger charge is 2.08. The molecule has 3 aromatic heterocycles. The van der Waals surface area contributed by atoms with Crippen LogP contribution in [0.15, 0.2) is 41.3 Å². The number of pyridine rings is 1. The highest BCUT2D eigenvalue weighted by molar-refractivity contribution is 5.53. The first-order chi connectivity index (χ1) is 11.3. The summed E-state index contributed by atoms with van der Waals surface area (Å²) in [6, 6.07) is 5.71. The Balaban J connectivity index is 1.50. The van der Waals surface area contributed by atoms with Crippen molar-refractivity contribution in [2.24, 2.45) is 0 Å². The van der Waals surface area contributed by atoms with Crippen LogP contribution in [-0.2, 0) is 17.9 Å². The van der Waals surface area contributed by atoms with Gasteiger partial charge in [0.25, 0.3) is 5.89 Å². The van der Waals surface area contributed by atoms with Gasteiger partial charge in [-0.1, -0.05) is 5.16 Å². The topological polar surface area (TPSA) is 90.9 Å². The number of hydrogen-bond acceptors (Lipinski definition) is 7. The molecule has 0 aliphatic rings. The quantitative estimate of drug-likeness (QED) is 0.636. The Labute approximate surface area is 133 Å². The minimum atomic E-state index is 0.326. The number of hydrogen-bond donors (Lipinski definition) is 1. The molecule has 0 unspecified atom stereocenters. The Morgan fingerprint density at radius 3 is 3.04 bits per heavy atom. The number of rotatable bonds is 8. The molecule has 1 N–H and O–H groups in total. The first kappa shape index (κ1) is 15.2. The van der Waals surface area contributed by atoms with Gasteiger partial charge in [-0.2, -0.15) is 10.1 Å². The Kier molecular flexibility index (Phi) is 4.95. The molecule has 0 aliphatic carbocycles. The normalized spacial score (nSPS) is 10.8. The van der Waals surface area contributed by atoms with Crippen LogP contribution in [0.25, 0.3) is 11.5 Å². The summed E-state index contributed by atoms with van der Waals surface area (Å²) in [7, 11) is 1.59. The summed E-state index contributed by atoms with van der Waals surface area (Å²) in [5.41, 5.74) is 0.780. The minimum absolute atomic E-state index is 0.326. The Hall–Kier alpha value is -2.74. The molecule has 0 aliphatic heterocycles. The van der Waals surface area contributed by atoms with Crippen molar-refractivity contribution in [2.45, 2.75) is 19.6 Å². The molecule has 0 atom stereocenters. The van der Waals surface area contributed by atoms with Crippen LogP contribution in [0, 0.1) is 0 Å². The highest BCUT2D eigenvalue weighted by atomic mass is 16.5. The van der Waals surface area contributed by atoms with E-state index in [9.17, 15) is 0 Å². The largest absolute Gasteiger partial charge is 0.377 e. The highest BCUT2D eigenvalue weighted by Crippen LogP contribution is 2.17. The summed E-state index contributed by atoms with van der Waals surface area (Å²) in [6.07, 6.45) is 6.41. The van der Waals surface area contributed by atoms with Crippen molar-refractivity contribution in [3.63, 3.8) is 0 Å². The summed E-state index contributed by atoms with van der Waals surface area (Å²) in [5.74, 6) is 1.77. The van der Waals surface area contributed by atoms with E-state index in [-0.39, 0.29) is 0 Å². The molecule has 3 rings (SSSR count). The van der Waals surface area contributed by atoms with Crippen LogP contribution in [0.3, 0.4) is 0 Å². The lowest BCUT2D eigenvalue weighted by molar-refractivity contribution is 0.174. The van der Waals surface area contributed by atoms with Crippen LogP contribution in [-0.4, -0.2) is 38.6 Å². The average Bonchev–Trinajstić information content (AvgIpc) is 3.24. The van der Waals surface area contributed by atoms with Crippen LogP contribution in [0.4, 0.5) is 5.82 Å². The van der Waals surface area contributed by atoms with E-state index in [0.717, 1.165) is 30.9 Å². The molecule has 0 saturated carbocycles. The molecule has 3 heterocycles. The zero-order valence-electron chi connectivity index (χ0n) is 12.8. The molecule has 8 nitrogen and oxygen atoms in total. The third-order valence-corrected chi connectivity index (χ3v) is 3.18. The van der Waals surface area contributed by atoms with Crippen molar-refractivity contribution in [3.05, 3.63) is 42.6 Å². The second kappa shape index (κ2) is 7.50. The summed E-state index contributed by atoms with van der Waals surface area (Å²) in [5, 5.41) is 11.3. The van der Waals surface area contributed by atoms with E-state index in [4.69, 9.17) is 9.26 Å². The lowest BCUT2D eigenvalue weighted by atomic mass is 10.3. The molecular formula is C15H18N6O2. The van der Waals surface area contributed by atoms with Gasteiger partial charge >= 0.3 is 0 Å². The van der Waals surface area contributed by atoms with Gasteiger partial charge in [-0.05, 0) is 24.6 Å². The monoisotopic (exact) mass is 314 g/mol. The van der Waals surface area contributed by atoms with Gasteiger partial charge in [-0.25, -0.2) is 4.98 Å². The Bertz CT molecular complexity index is 708. The van der Waals surface area contributed by atoms with Crippen LogP contribution in [0.1, 0.15) is 12.2 Å². The van der Waals surface area contributed by atoms with E-state index in [1.807, 2.05) is 29.1 Å². The number of aryl methyl sites for hydroxylation is 1. The summed E-state index contributed by atoms with van der Waals surface area (Å²) in [4.78, 5) is 8.58. The maximum absolute atomic E-state index is 5.17. The van der Waals surface area contributed by atoms with E-state index in [0.29, 0.717) is 18.3 Å². The standard InChI is InChI=1S/C15H18N6O2/c1-22-11-14-19-15(23-20-14)12-4-5-13(17-10-12)16-6-2-8-21-9-3-7-18-21/h3-5,7,9-10H,2,6,8,11H2,1H3,(H,16,17). The summed E-state index contributed by atoms with van der Waals surface area (Å²) < 4.78 is 12.0. The van der Waals surface area contributed by atoms with Gasteiger partial charge in [-0.15, -0.1) is 0 Å². The Morgan fingerprint density at radius 1 is 1.35 bits per heavy atom. The van der Waals surface area contributed by atoms with Crippen molar-refractivity contribution in [1.82, 2.24) is 24.9 Å². The van der Waals surface area contributed by atoms with Gasteiger partial charge in [0.1, 0.15) is 12.4 Å². The van der Waals surface area contributed by atoms with E-state index in [1.165, 1.54) is 0 Å².